The quantitative estimate of drug-likeness (QED) is 0.683. The molecule has 3 N–H and O–H groups in total. The molecule has 1 heterocycles. The van der Waals surface area contributed by atoms with Gasteiger partial charge in [-0.1, -0.05) is 30.3 Å². The first kappa shape index (κ1) is 20.1. The van der Waals surface area contributed by atoms with Gasteiger partial charge >= 0.3 is 0 Å². The van der Waals surface area contributed by atoms with Gasteiger partial charge in [-0.3, -0.25) is 9.59 Å². The van der Waals surface area contributed by atoms with Crippen LogP contribution in [0.3, 0.4) is 0 Å². The minimum Gasteiger partial charge on any atom is -0.350 e. The zero-order valence-corrected chi connectivity index (χ0v) is 16.4. The molecule has 5 heteroatoms. The van der Waals surface area contributed by atoms with Gasteiger partial charge < -0.3 is 16.0 Å². The molecule has 1 atom stereocenters. The maximum Gasteiger partial charge on any atom is 0.255 e. The lowest BCUT2D eigenvalue weighted by atomic mass is 9.93. The molecule has 0 saturated carbocycles. The van der Waals surface area contributed by atoms with Gasteiger partial charge in [-0.15, -0.1) is 0 Å². The molecule has 0 aromatic heterocycles. The van der Waals surface area contributed by atoms with Crippen LogP contribution in [-0.2, 0) is 4.79 Å². The van der Waals surface area contributed by atoms with Gasteiger partial charge in [0, 0.05) is 17.7 Å². The monoisotopic (exact) mass is 379 g/mol. The fourth-order valence-corrected chi connectivity index (χ4v) is 3.58. The summed E-state index contributed by atoms with van der Waals surface area (Å²) in [5.41, 5.74) is 2.32. The van der Waals surface area contributed by atoms with Crippen LogP contribution in [0.15, 0.2) is 54.6 Å². The third-order valence-corrected chi connectivity index (χ3v) is 5.30. The van der Waals surface area contributed by atoms with E-state index in [4.69, 9.17) is 0 Å². The lowest BCUT2D eigenvalue weighted by Gasteiger charge is -2.22. The van der Waals surface area contributed by atoms with Gasteiger partial charge in [0.25, 0.3) is 5.91 Å². The number of carbonyl (C=O) groups is 2. The summed E-state index contributed by atoms with van der Waals surface area (Å²) >= 11 is 0. The number of rotatable bonds is 7. The Morgan fingerprint density at radius 2 is 1.82 bits per heavy atom. The van der Waals surface area contributed by atoms with Crippen molar-refractivity contribution in [1.82, 2.24) is 10.6 Å². The highest BCUT2D eigenvalue weighted by Gasteiger charge is 2.16. The summed E-state index contributed by atoms with van der Waals surface area (Å²) in [6.07, 6.45) is 3.84. The zero-order valence-electron chi connectivity index (χ0n) is 16.4. The van der Waals surface area contributed by atoms with Crippen LogP contribution in [0, 0.1) is 5.92 Å². The summed E-state index contributed by atoms with van der Waals surface area (Å²) in [6.45, 7) is 4.09. The molecule has 0 radical (unpaired) electrons. The first-order valence-corrected chi connectivity index (χ1v) is 10.1. The number of hydrogen-bond donors (Lipinski definition) is 3. The molecule has 3 rings (SSSR count). The Hall–Kier alpha value is -2.66. The Balaban J connectivity index is 1.52. The van der Waals surface area contributed by atoms with Gasteiger partial charge in [0.1, 0.15) is 0 Å². The average Bonchev–Trinajstić information content (AvgIpc) is 2.74. The molecule has 1 aliphatic heterocycles. The Morgan fingerprint density at radius 3 is 2.57 bits per heavy atom. The lowest BCUT2D eigenvalue weighted by molar-refractivity contribution is -0.122. The van der Waals surface area contributed by atoms with Crippen molar-refractivity contribution in [2.24, 2.45) is 5.92 Å². The van der Waals surface area contributed by atoms with Crippen LogP contribution in [0.2, 0.25) is 0 Å². The molecule has 2 aromatic rings. The van der Waals surface area contributed by atoms with Crippen LogP contribution in [0.5, 0.6) is 0 Å². The Morgan fingerprint density at radius 1 is 1.07 bits per heavy atom. The molecule has 2 amide bonds. The predicted octanol–water partition coefficient (Wildman–Crippen LogP) is 3.90. The maximum absolute atomic E-state index is 12.3. The van der Waals surface area contributed by atoms with Gasteiger partial charge in [0.15, 0.2) is 0 Å². The highest BCUT2D eigenvalue weighted by Crippen LogP contribution is 2.20. The molecule has 2 aromatic carbocycles. The van der Waals surface area contributed by atoms with E-state index in [0.717, 1.165) is 43.6 Å². The van der Waals surface area contributed by atoms with E-state index in [0.29, 0.717) is 17.9 Å². The van der Waals surface area contributed by atoms with Crippen LogP contribution < -0.4 is 16.0 Å². The van der Waals surface area contributed by atoms with Gasteiger partial charge in [-0.05, 0) is 75.0 Å². The Kier molecular flexibility index (Phi) is 7.20. The second kappa shape index (κ2) is 10.0. The van der Waals surface area contributed by atoms with E-state index >= 15 is 0 Å². The van der Waals surface area contributed by atoms with Crippen LogP contribution in [0.1, 0.15) is 54.6 Å². The van der Waals surface area contributed by atoms with Crippen LogP contribution in [0.4, 0.5) is 5.69 Å². The molecule has 1 aliphatic rings. The van der Waals surface area contributed by atoms with Crippen molar-refractivity contribution >= 4 is 17.5 Å². The molecule has 1 unspecified atom stereocenters. The predicted molar refractivity (Wildman–Crippen MR) is 112 cm³/mol. The summed E-state index contributed by atoms with van der Waals surface area (Å²) in [4.78, 5) is 24.6. The van der Waals surface area contributed by atoms with Crippen molar-refractivity contribution in [3.63, 3.8) is 0 Å². The molecular weight excluding hydrogens is 350 g/mol. The number of hydrogen-bond acceptors (Lipinski definition) is 3. The smallest absolute Gasteiger partial charge is 0.255 e. The SMILES string of the molecule is CC(NC(=O)CCC1CCNCC1)c1cccc(NC(=O)c2ccccc2)c1. The number of piperidine rings is 1. The summed E-state index contributed by atoms with van der Waals surface area (Å²) in [5, 5.41) is 9.35. The second-order valence-corrected chi connectivity index (χ2v) is 7.47. The van der Waals surface area contributed by atoms with Crippen molar-refractivity contribution in [2.75, 3.05) is 18.4 Å². The highest BCUT2D eigenvalue weighted by atomic mass is 16.2. The molecule has 0 aliphatic carbocycles. The third kappa shape index (κ3) is 5.92. The minimum absolute atomic E-state index is 0.0877. The normalized spacial score (nSPS) is 15.6. The van der Waals surface area contributed by atoms with E-state index in [1.165, 1.54) is 0 Å². The van der Waals surface area contributed by atoms with Crippen molar-refractivity contribution < 1.29 is 9.59 Å². The molecule has 28 heavy (non-hydrogen) atoms. The van der Waals surface area contributed by atoms with Crippen molar-refractivity contribution in [2.45, 2.75) is 38.6 Å². The Bertz CT molecular complexity index is 785. The van der Waals surface area contributed by atoms with E-state index in [2.05, 4.69) is 16.0 Å². The van der Waals surface area contributed by atoms with Crippen LogP contribution in [0.25, 0.3) is 0 Å². The van der Waals surface area contributed by atoms with Gasteiger partial charge in [-0.2, -0.15) is 0 Å². The van der Waals surface area contributed by atoms with Crippen molar-refractivity contribution in [1.29, 1.82) is 0 Å². The summed E-state index contributed by atoms with van der Waals surface area (Å²) in [5.74, 6) is 0.597. The minimum atomic E-state index is -0.142. The molecule has 0 spiro atoms. The lowest BCUT2D eigenvalue weighted by Crippen LogP contribution is -2.30. The fourth-order valence-electron chi connectivity index (χ4n) is 3.58. The molecular formula is C23H29N3O2. The molecule has 1 saturated heterocycles. The van der Waals surface area contributed by atoms with Gasteiger partial charge in [0.2, 0.25) is 5.91 Å². The summed E-state index contributed by atoms with van der Waals surface area (Å²) in [6, 6.07) is 16.7. The maximum atomic E-state index is 12.3. The van der Waals surface area contributed by atoms with Gasteiger partial charge in [0.05, 0.1) is 6.04 Å². The van der Waals surface area contributed by atoms with Crippen molar-refractivity contribution in [3.8, 4) is 0 Å². The highest BCUT2D eigenvalue weighted by molar-refractivity contribution is 6.04. The van der Waals surface area contributed by atoms with E-state index < -0.39 is 0 Å². The van der Waals surface area contributed by atoms with E-state index in [1.54, 1.807) is 12.1 Å². The third-order valence-electron chi connectivity index (χ3n) is 5.30. The average molecular weight is 380 g/mol. The van der Waals surface area contributed by atoms with E-state index in [9.17, 15) is 9.59 Å². The van der Waals surface area contributed by atoms with Crippen LogP contribution >= 0.6 is 0 Å². The number of nitrogens with one attached hydrogen (secondary N) is 3. The fraction of sp³-hybridized carbons (Fsp3) is 0.391. The number of benzene rings is 2. The van der Waals surface area contributed by atoms with Crippen LogP contribution in [-0.4, -0.2) is 24.9 Å². The number of anilines is 1. The molecule has 0 bridgehead atoms. The Labute approximate surface area is 166 Å². The van der Waals surface area contributed by atoms with E-state index in [1.807, 2.05) is 49.4 Å². The number of amides is 2. The molecule has 5 nitrogen and oxygen atoms in total. The second-order valence-electron chi connectivity index (χ2n) is 7.47. The topological polar surface area (TPSA) is 70.2 Å². The number of carbonyl (C=O) groups excluding carboxylic acids is 2. The van der Waals surface area contributed by atoms with Crippen molar-refractivity contribution in [3.05, 3.63) is 65.7 Å². The first-order chi connectivity index (χ1) is 13.6. The first-order valence-electron chi connectivity index (χ1n) is 10.1. The summed E-state index contributed by atoms with van der Waals surface area (Å²) < 4.78 is 0. The molecule has 148 valence electrons. The largest absolute Gasteiger partial charge is 0.350 e. The summed E-state index contributed by atoms with van der Waals surface area (Å²) in [7, 11) is 0. The van der Waals surface area contributed by atoms with Gasteiger partial charge in [-0.25, -0.2) is 0 Å². The standard InChI is InChI=1S/C23H29N3O2/c1-17(25-22(27)11-10-18-12-14-24-15-13-18)20-8-5-9-21(16-20)26-23(28)19-6-3-2-4-7-19/h2-9,16-18,24H,10-15H2,1H3,(H,25,27)(H,26,28). The van der Waals surface area contributed by atoms with E-state index in [-0.39, 0.29) is 17.9 Å². The molecule has 1 fully saturated rings. The zero-order chi connectivity index (χ0) is 19.8.